The van der Waals surface area contributed by atoms with Gasteiger partial charge in [-0.3, -0.25) is 14.5 Å². The summed E-state index contributed by atoms with van der Waals surface area (Å²) in [5.41, 5.74) is 1.77. The lowest BCUT2D eigenvalue weighted by Crippen LogP contribution is -2.44. The number of hydrogen-bond donors (Lipinski definition) is 2. The highest BCUT2D eigenvalue weighted by Crippen LogP contribution is 2.33. The van der Waals surface area contributed by atoms with E-state index in [1.165, 1.54) is 12.3 Å². The van der Waals surface area contributed by atoms with Crippen molar-refractivity contribution in [2.45, 2.75) is 45.6 Å². The van der Waals surface area contributed by atoms with E-state index in [9.17, 15) is 18.0 Å². The molecule has 9 nitrogen and oxygen atoms in total. The van der Waals surface area contributed by atoms with Crippen molar-refractivity contribution in [3.63, 3.8) is 0 Å². The Morgan fingerprint density at radius 2 is 2.00 bits per heavy atom. The Bertz CT molecular complexity index is 1180. The van der Waals surface area contributed by atoms with E-state index in [1.54, 1.807) is 35.8 Å². The van der Waals surface area contributed by atoms with Gasteiger partial charge >= 0.3 is 6.18 Å². The molecule has 1 aliphatic rings. The van der Waals surface area contributed by atoms with E-state index in [0.29, 0.717) is 28.7 Å². The minimum Gasteiger partial charge on any atom is -0.348 e. The number of alkyl halides is 3. The van der Waals surface area contributed by atoms with Gasteiger partial charge in [0.1, 0.15) is 17.4 Å². The number of anilines is 3. The van der Waals surface area contributed by atoms with Crippen LogP contribution < -0.4 is 15.5 Å². The normalized spacial score (nSPS) is 16.9. The predicted molar refractivity (Wildman–Crippen MR) is 116 cm³/mol. The third-order valence-corrected chi connectivity index (χ3v) is 5.57. The number of halogens is 3. The highest BCUT2D eigenvalue weighted by Gasteiger charge is 2.32. The summed E-state index contributed by atoms with van der Waals surface area (Å²) in [6, 6.07) is 1.80. The monoisotopic (exact) mass is 460 g/mol. The Hall–Kier alpha value is -3.70. The Morgan fingerprint density at radius 3 is 2.67 bits per heavy atom. The first-order valence-electron chi connectivity index (χ1n) is 10.3. The molecule has 0 unspecified atom stereocenters. The smallest absolute Gasteiger partial charge is 0.348 e. The van der Waals surface area contributed by atoms with Gasteiger partial charge in [0.2, 0.25) is 11.9 Å². The highest BCUT2D eigenvalue weighted by atomic mass is 19.4. The summed E-state index contributed by atoms with van der Waals surface area (Å²) >= 11 is 0. The lowest BCUT2D eigenvalue weighted by Gasteiger charge is -2.32. The molecule has 2 atom stereocenters. The summed E-state index contributed by atoms with van der Waals surface area (Å²) in [6.45, 7) is 5.81. The number of fused-ring (bicyclic) bond motifs is 1. The van der Waals surface area contributed by atoms with Crippen molar-refractivity contribution in [3.05, 3.63) is 53.2 Å². The largest absolute Gasteiger partial charge is 0.433 e. The molecule has 4 rings (SSSR count). The Labute approximate surface area is 188 Å². The number of hydrogen-bond acceptors (Lipinski definition) is 7. The fourth-order valence-corrected chi connectivity index (χ4v) is 3.45. The zero-order valence-corrected chi connectivity index (χ0v) is 18.5. The second-order valence-electron chi connectivity index (χ2n) is 7.99. The average Bonchev–Trinajstić information content (AvgIpc) is 3.21. The maximum absolute atomic E-state index is 12.7. The zero-order chi connectivity index (χ0) is 23.9. The van der Waals surface area contributed by atoms with E-state index in [-0.39, 0.29) is 24.5 Å². The van der Waals surface area contributed by atoms with E-state index in [0.717, 1.165) is 11.6 Å². The van der Waals surface area contributed by atoms with Crippen LogP contribution in [0.25, 0.3) is 0 Å². The molecule has 0 saturated carbocycles. The maximum atomic E-state index is 12.7. The van der Waals surface area contributed by atoms with Gasteiger partial charge in [-0.05, 0) is 32.4 Å². The van der Waals surface area contributed by atoms with Gasteiger partial charge < -0.3 is 15.5 Å². The molecular formula is C21H23F3N8O. The van der Waals surface area contributed by atoms with Crippen molar-refractivity contribution in [2.75, 3.05) is 22.6 Å². The standard InChI is InChI=1S/C21H23F3N8O/c1-11(27-20-28-12(2)17-18(30-20)31(4)13(3)19(33)29-17)15-8-26-32(10-15)9-14-5-6-16(25-7-14)21(22,23)24/h5-8,10-11,13H,9H2,1-4H3,(H,29,33)(H,27,28,30)/t11-,13-/m0/s1. The molecule has 0 bridgehead atoms. The number of aromatic nitrogens is 5. The van der Waals surface area contributed by atoms with Crippen LogP contribution in [0, 0.1) is 6.92 Å². The molecule has 12 heteroatoms. The molecule has 174 valence electrons. The van der Waals surface area contributed by atoms with Gasteiger partial charge in [-0.1, -0.05) is 6.07 Å². The summed E-state index contributed by atoms with van der Waals surface area (Å²) in [7, 11) is 1.81. The van der Waals surface area contributed by atoms with Crippen LogP contribution in [0.4, 0.5) is 30.6 Å². The number of nitrogens with zero attached hydrogens (tertiary/aromatic N) is 6. The van der Waals surface area contributed by atoms with Crippen molar-refractivity contribution < 1.29 is 18.0 Å². The summed E-state index contributed by atoms with van der Waals surface area (Å²) in [5, 5.41) is 10.4. The number of rotatable bonds is 5. The Balaban J connectivity index is 1.47. The van der Waals surface area contributed by atoms with Crippen molar-refractivity contribution in [2.24, 2.45) is 0 Å². The molecule has 1 aliphatic heterocycles. The van der Waals surface area contributed by atoms with Gasteiger partial charge in [-0.15, -0.1) is 0 Å². The summed E-state index contributed by atoms with van der Waals surface area (Å²) in [6.07, 6.45) is 0.212. The molecule has 33 heavy (non-hydrogen) atoms. The molecule has 0 fully saturated rings. The molecule has 4 heterocycles. The minimum atomic E-state index is -4.46. The number of carbonyl (C=O) groups is 1. The first kappa shape index (κ1) is 22.5. The Kier molecular flexibility index (Phi) is 5.68. The molecule has 0 saturated heterocycles. The second kappa shape index (κ2) is 8.34. The van der Waals surface area contributed by atoms with Crippen LogP contribution in [0.5, 0.6) is 0 Å². The summed E-state index contributed by atoms with van der Waals surface area (Å²) < 4.78 is 39.7. The van der Waals surface area contributed by atoms with Crippen LogP contribution in [0.15, 0.2) is 30.7 Å². The van der Waals surface area contributed by atoms with Crippen molar-refractivity contribution in [3.8, 4) is 0 Å². The van der Waals surface area contributed by atoms with Gasteiger partial charge in [0.15, 0.2) is 5.82 Å². The van der Waals surface area contributed by atoms with E-state index in [2.05, 4.69) is 30.7 Å². The van der Waals surface area contributed by atoms with Gasteiger partial charge in [-0.25, -0.2) is 4.98 Å². The fourth-order valence-electron chi connectivity index (χ4n) is 3.45. The van der Waals surface area contributed by atoms with Crippen LogP contribution in [0.3, 0.4) is 0 Å². The number of nitrogens with one attached hydrogen (secondary N) is 2. The van der Waals surface area contributed by atoms with E-state index in [1.807, 2.05) is 14.0 Å². The summed E-state index contributed by atoms with van der Waals surface area (Å²) in [5.74, 6) is 0.935. The van der Waals surface area contributed by atoms with E-state index >= 15 is 0 Å². The topological polar surface area (TPSA) is 101 Å². The van der Waals surface area contributed by atoms with Gasteiger partial charge in [0.25, 0.3) is 0 Å². The van der Waals surface area contributed by atoms with Crippen LogP contribution in [-0.2, 0) is 17.5 Å². The number of carbonyl (C=O) groups excluding carboxylic acids is 1. The highest BCUT2D eigenvalue weighted by molar-refractivity contribution is 6.03. The average molecular weight is 460 g/mol. The number of aryl methyl sites for hydroxylation is 1. The van der Waals surface area contributed by atoms with Crippen LogP contribution in [0.1, 0.15) is 42.4 Å². The number of pyridine rings is 1. The first-order chi connectivity index (χ1) is 15.5. The maximum Gasteiger partial charge on any atom is 0.433 e. The number of likely N-dealkylation sites (N-methyl/N-ethyl adjacent to an activating group) is 1. The van der Waals surface area contributed by atoms with Crippen LogP contribution >= 0.6 is 0 Å². The molecule has 3 aromatic rings. The first-order valence-corrected chi connectivity index (χ1v) is 10.3. The SMILES string of the molecule is Cc1nc(N[C@@H](C)c2cnn(Cc3ccc(C(F)(F)F)nc3)c2)nc2c1NC(=O)[C@H](C)N2C. The molecular weight excluding hydrogens is 437 g/mol. The van der Waals surface area contributed by atoms with Crippen LogP contribution in [-0.4, -0.2) is 43.7 Å². The zero-order valence-electron chi connectivity index (χ0n) is 18.5. The molecule has 2 N–H and O–H groups in total. The Morgan fingerprint density at radius 1 is 1.24 bits per heavy atom. The lowest BCUT2D eigenvalue weighted by atomic mass is 10.1. The van der Waals surface area contributed by atoms with E-state index in [4.69, 9.17) is 0 Å². The van der Waals surface area contributed by atoms with Crippen LogP contribution in [0.2, 0.25) is 0 Å². The number of amides is 1. The van der Waals surface area contributed by atoms with E-state index < -0.39 is 11.9 Å². The fraction of sp³-hybridized carbons (Fsp3) is 0.381. The minimum absolute atomic E-state index is 0.110. The second-order valence-corrected chi connectivity index (χ2v) is 7.99. The molecule has 0 aliphatic carbocycles. The molecule has 0 radical (unpaired) electrons. The molecule has 0 spiro atoms. The molecule has 3 aromatic heterocycles. The lowest BCUT2D eigenvalue weighted by molar-refractivity contribution is -0.141. The molecule has 0 aromatic carbocycles. The van der Waals surface area contributed by atoms with Gasteiger partial charge in [-0.2, -0.15) is 23.3 Å². The van der Waals surface area contributed by atoms with Crippen molar-refractivity contribution in [1.82, 2.24) is 24.7 Å². The third-order valence-electron chi connectivity index (χ3n) is 5.57. The quantitative estimate of drug-likeness (QED) is 0.602. The van der Waals surface area contributed by atoms with Crippen molar-refractivity contribution >= 4 is 23.4 Å². The predicted octanol–water partition coefficient (Wildman–Crippen LogP) is 3.39. The summed E-state index contributed by atoms with van der Waals surface area (Å²) in [4.78, 5) is 26.4. The van der Waals surface area contributed by atoms with Crippen molar-refractivity contribution in [1.29, 1.82) is 0 Å². The molecule has 1 amide bonds. The van der Waals surface area contributed by atoms with Gasteiger partial charge in [0, 0.05) is 25.0 Å². The third kappa shape index (κ3) is 4.59. The van der Waals surface area contributed by atoms with Gasteiger partial charge in [0.05, 0.1) is 24.5 Å².